The first kappa shape index (κ1) is 25.0. The number of benzene rings is 2. The average molecular weight is 580 g/mol. The van der Waals surface area contributed by atoms with Crippen molar-refractivity contribution < 1.29 is 19.0 Å². The number of halogens is 3. The van der Waals surface area contributed by atoms with Crippen molar-refractivity contribution in [3.8, 4) is 5.75 Å². The Kier molecular flexibility index (Phi) is 6.95. The van der Waals surface area contributed by atoms with Gasteiger partial charge < -0.3 is 14.7 Å². The van der Waals surface area contributed by atoms with Gasteiger partial charge in [-0.2, -0.15) is 0 Å². The fraction of sp³-hybridized carbons (Fsp3) is 0.360. The number of aliphatic hydroxyl groups excluding tert-OH is 1. The van der Waals surface area contributed by atoms with Crippen LogP contribution in [-0.2, 0) is 32.7 Å². The predicted octanol–water partition coefficient (Wildman–Crippen LogP) is 3.25. The van der Waals surface area contributed by atoms with Crippen molar-refractivity contribution in [2.24, 2.45) is 0 Å². The summed E-state index contributed by atoms with van der Waals surface area (Å²) in [7, 11) is 1.48. The minimum absolute atomic E-state index is 0.145. The molecule has 0 aliphatic carbocycles. The predicted molar refractivity (Wildman–Crippen MR) is 136 cm³/mol. The summed E-state index contributed by atoms with van der Waals surface area (Å²) in [4.78, 5) is 30.0. The third kappa shape index (κ3) is 4.70. The molecule has 1 N–H and O–H groups in total. The first-order valence-electron chi connectivity index (χ1n) is 11.5. The molecule has 0 spiro atoms. The smallest absolute Gasteiger partial charge is 0.328 e. The number of amides is 1. The normalized spacial score (nSPS) is 17.9. The molecule has 11 heteroatoms. The molecular weight excluding hydrogens is 555 g/mol. The number of imidazole rings is 1. The minimum atomic E-state index is -0.794. The van der Waals surface area contributed by atoms with Gasteiger partial charge in [0.2, 0.25) is 0 Å². The molecule has 0 bridgehead atoms. The summed E-state index contributed by atoms with van der Waals surface area (Å²) in [5.41, 5.74) is 2.20. The minimum Gasteiger partial charge on any atom is -0.497 e. The number of fused-ring (bicyclic) bond motifs is 3. The lowest BCUT2D eigenvalue weighted by atomic mass is 10.1. The van der Waals surface area contributed by atoms with Crippen LogP contribution in [0.2, 0.25) is 5.02 Å². The zero-order chi connectivity index (χ0) is 25.6. The number of β-amino-alcohol motifs (C(OH)–C–C–N with tert-alkyl or cyclic N) is 1. The molecule has 1 amide bonds. The zero-order valence-electron chi connectivity index (χ0n) is 19.6. The van der Waals surface area contributed by atoms with E-state index in [1.807, 2.05) is 4.90 Å². The largest absolute Gasteiger partial charge is 0.497 e. The summed E-state index contributed by atoms with van der Waals surface area (Å²) in [6, 6.07) is 9.76. The van der Waals surface area contributed by atoms with Crippen LogP contribution in [0, 0.1) is 5.82 Å². The third-order valence-corrected chi connectivity index (χ3v) is 7.96. The lowest BCUT2D eigenvalue weighted by molar-refractivity contribution is 0.0707. The van der Waals surface area contributed by atoms with Gasteiger partial charge in [-0.25, -0.2) is 9.18 Å². The highest BCUT2D eigenvalue weighted by Gasteiger charge is 2.32. The van der Waals surface area contributed by atoms with E-state index in [9.17, 15) is 19.1 Å². The van der Waals surface area contributed by atoms with Gasteiger partial charge in [-0.1, -0.05) is 17.7 Å². The van der Waals surface area contributed by atoms with Crippen LogP contribution in [0.4, 0.5) is 4.39 Å². The van der Waals surface area contributed by atoms with Gasteiger partial charge in [0.05, 0.1) is 42.7 Å². The van der Waals surface area contributed by atoms with Crippen molar-refractivity contribution in [1.29, 1.82) is 0 Å². The zero-order valence-corrected chi connectivity index (χ0v) is 21.9. The van der Waals surface area contributed by atoms with Crippen LogP contribution in [0.3, 0.4) is 0 Å². The number of methoxy groups -OCH3 is 1. The first-order valence-corrected chi connectivity index (χ1v) is 12.7. The topological polar surface area (TPSA) is 79.9 Å². The van der Waals surface area contributed by atoms with Crippen molar-refractivity contribution >= 4 is 33.4 Å². The molecule has 5 rings (SSSR count). The molecule has 8 nitrogen and oxygen atoms in total. The molecule has 0 saturated heterocycles. The van der Waals surface area contributed by atoms with E-state index >= 15 is 0 Å². The maximum Gasteiger partial charge on any atom is 0.328 e. The summed E-state index contributed by atoms with van der Waals surface area (Å²) in [5.74, 6) is -0.137. The molecule has 0 fully saturated rings. The number of rotatable bonds is 4. The summed E-state index contributed by atoms with van der Waals surface area (Å²) in [6.07, 6.45) is -0.794. The van der Waals surface area contributed by atoms with E-state index in [2.05, 4.69) is 15.9 Å². The van der Waals surface area contributed by atoms with Crippen LogP contribution in [0.15, 0.2) is 45.7 Å². The molecule has 1 atom stereocenters. The molecule has 3 heterocycles. The Morgan fingerprint density at radius 3 is 2.64 bits per heavy atom. The van der Waals surface area contributed by atoms with E-state index in [0.717, 1.165) is 11.4 Å². The van der Waals surface area contributed by atoms with Crippen LogP contribution in [0.1, 0.15) is 27.3 Å². The Hall–Kier alpha value is -2.66. The number of aliphatic hydroxyl groups is 1. The van der Waals surface area contributed by atoms with Gasteiger partial charge in [0.15, 0.2) is 0 Å². The summed E-state index contributed by atoms with van der Waals surface area (Å²) in [6.45, 7) is 2.01. The third-order valence-electron chi connectivity index (χ3n) is 6.72. The molecule has 0 unspecified atom stereocenters. The van der Waals surface area contributed by atoms with Gasteiger partial charge in [-0.05, 0) is 40.2 Å². The highest BCUT2D eigenvalue weighted by molar-refractivity contribution is 9.10. The van der Waals surface area contributed by atoms with Crippen molar-refractivity contribution in [2.75, 3.05) is 20.2 Å². The summed E-state index contributed by atoms with van der Waals surface area (Å²) >= 11 is 9.53. The van der Waals surface area contributed by atoms with E-state index in [1.165, 1.54) is 13.2 Å². The highest BCUT2D eigenvalue weighted by atomic mass is 79.9. The Bertz CT molecular complexity index is 1390. The molecule has 0 saturated carbocycles. The van der Waals surface area contributed by atoms with E-state index in [0.29, 0.717) is 46.0 Å². The highest BCUT2D eigenvalue weighted by Crippen LogP contribution is 2.27. The van der Waals surface area contributed by atoms with Crippen LogP contribution in [0.5, 0.6) is 5.75 Å². The maximum absolute atomic E-state index is 14.6. The number of hydrogen-bond donors (Lipinski definition) is 1. The molecule has 190 valence electrons. The lowest BCUT2D eigenvalue weighted by Crippen LogP contribution is -2.41. The van der Waals surface area contributed by atoms with Crippen LogP contribution in [-0.4, -0.2) is 56.3 Å². The second-order valence-corrected chi connectivity index (χ2v) is 10.3. The molecule has 2 aliphatic rings. The molecule has 1 aromatic heterocycles. The fourth-order valence-corrected chi connectivity index (χ4v) is 5.34. The van der Waals surface area contributed by atoms with Crippen molar-refractivity contribution in [1.82, 2.24) is 18.9 Å². The number of nitrogens with zero attached hydrogens (tertiary/aromatic N) is 4. The second-order valence-electron chi connectivity index (χ2n) is 9.07. The van der Waals surface area contributed by atoms with Crippen LogP contribution < -0.4 is 10.4 Å². The van der Waals surface area contributed by atoms with Gasteiger partial charge in [0.25, 0.3) is 5.91 Å². The van der Waals surface area contributed by atoms with Gasteiger partial charge in [0, 0.05) is 54.4 Å². The van der Waals surface area contributed by atoms with E-state index in [4.69, 9.17) is 16.3 Å². The molecule has 0 radical (unpaired) electrons. The van der Waals surface area contributed by atoms with Crippen molar-refractivity contribution in [3.63, 3.8) is 0 Å². The monoisotopic (exact) mass is 578 g/mol. The second kappa shape index (κ2) is 10.0. The first-order chi connectivity index (χ1) is 17.2. The van der Waals surface area contributed by atoms with Gasteiger partial charge in [0.1, 0.15) is 11.6 Å². The van der Waals surface area contributed by atoms with Crippen LogP contribution in [0.25, 0.3) is 0 Å². The lowest BCUT2D eigenvalue weighted by Gasteiger charge is -2.29. The maximum atomic E-state index is 14.6. The quantitative estimate of drug-likeness (QED) is 0.514. The number of hydrogen-bond acceptors (Lipinski definition) is 5. The van der Waals surface area contributed by atoms with Crippen molar-refractivity contribution in [2.45, 2.75) is 38.8 Å². The summed E-state index contributed by atoms with van der Waals surface area (Å²) < 4.78 is 23.7. The average Bonchev–Trinajstić information content (AvgIpc) is 3.00. The number of carbonyl (C=O) groups is 1. The number of carbonyl (C=O) groups excluding carboxylic acids is 1. The van der Waals surface area contributed by atoms with E-state index in [1.54, 1.807) is 44.4 Å². The standard InChI is InChI=1S/C25H25BrClFN4O4/c1-36-18-4-2-16(21(28)9-18)10-29-11-17(33)12-32-22(13-29)23-14-30(6-7-31(23)25(32)35)24(34)15-3-5-19(26)20(27)8-15/h2-5,8-9,17,33H,6-7,10-14H2,1H3/t17-/m1/s1. The molecule has 3 aromatic rings. The van der Waals surface area contributed by atoms with E-state index in [-0.39, 0.29) is 37.8 Å². The van der Waals surface area contributed by atoms with Crippen LogP contribution >= 0.6 is 27.5 Å². The van der Waals surface area contributed by atoms with Gasteiger partial charge in [-0.15, -0.1) is 0 Å². The Labute approximate surface area is 220 Å². The Balaban J connectivity index is 1.43. The van der Waals surface area contributed by atoms with E-state index < -0.39 is 11.9 Å². The summed E-state index contributed by atoms with van der Waals surface area (Å²) in [5, 5.41) is 11.1. The van der Waals surface area contributed by atoms with Gasteiger partial charge in [-0.3, -0.25) is 18.8 Å². The number of aromatic nitrogens is 2. The Morgan fingerprint density at radius 2 is 1.92 bits per heavy atom. The Morgan fingerprint density at radius 1 is 1.14 bits per heavy atom. The molecule has 36 heavy (non-hydrogen) atoms. The SMILES string of the molecule is COc1ccc(CN2Cc3c4n(c(=O)n3C[C@H](O)C2)CCN(C(=O)c2ccc(Br)c(Cl)c2)C4)c(F)c1. The molecular formula is C25H25BrClFN4O4. The number of ether oxygens (including phenoxy) is 1. The van der Waals surface area contributed by atoms with Crippen molar-refractivity contribution in [3.05, 3.63) is 84.7 Å². The molecule has 2 aromatic carbocycles. The molecule has 2 aliphatic heterocycles. The van der Waals surface area contributed by atoms with Gasteiger partial charge >= 0.3 is 5.69 Å². The fourth-order valence-electron chi connectivity index (χ4n) is 4.91.